The van der Waals surface area contributed by atoms with E-state index in [0.717, 1.165) is 29.5 Å². The number of hydrogen-bond acceptors (Lipinski definition) is 3. The van der Waals surface area contributed by atoms with E-state index >= 15 is 0 Å². The number of aliphatic hydroxyl groups is 1. The molecule has 13 heavy (non-hydrogen) atoms. The van der Waals surface area contributed by atoms with Crippen LogP contribution in [-0.2, 0) is 5.60 Å². The van der Waals surface area contributed by atoms with Gasteiger partial charge in [0, 0.05) is 5.39 Å². The highest BCUT2D eigenvalue weighted by molar-refractivity contribution is 5.76. The molecule has 0 saturated heterocycles. The molecular formula is C10H9NO2. The van der Waals surface area contributed by atoms with E-state index in [-0.39, 0.29) is 0 Å². The van der Waals surface area contributed by atoms with Crippen LogP contribution in [-0.4, -0.2) is 10.1 Å². The van der Waals surface area contributed by atoms with E-state index in [4.69, 9.17) is 4.42 Å². The van der Waals surface area contributed by atoms with E-state index < -0.39 is 5.60 Å². The van der Waals surface area contributed by atoms with Gasteiger partial charge in [-0.15, -0.1) is 0 Å². The predicted octanol–water partition coefficient (Wildman–Crippen LogP) is 1.81. The zero-order valence-electron chi connectivity index (χ0n) is 7.03. The Morgan fingerprint density at radius 3 is 3.08 bits per heavy atom. The van der Waals surface area contributed by atoms with Crippen molar-refractivity contribution in [3.05, 3.63) is 30.3 Å². The van der Waals surface area contributed by atoms with Crippen molar-refractivity contribution in [1.82, 2.24) is 4.98 Å². The molecule has 0 amide bonds. The molecule has 1 aliphatic carbocycles. The maximum Gasteiger partial charge on any atom is 0.152 e. The van der Waals surface area contributed by atoms with Gasteiger partial charge < -0.3 is 9.52 Å². The quantitative estimate of drug-likeness (QED) is 0.718. The fraction of sp³-hybridized carbons (Fsp3) is 0.300. The lowest BCUT2D eigenvalue weighted by Crippen LogP contribution is -2.06. The van der Waals surface area contributed by atoms with Crippen LogP contribution in [0.25, 0.3) is 11.0 Å². The van der Waals surface area contributed by atoms with Crippen molar-refractivity contribution >= 4 is 11.0 Å². The maximum absolute atomic E-state index is 9.80. The summed E-state index contributed by atoms with van der Waals surface area (Å²) in [6.07, 6.45) is 4.95. The van der Waals surface area contributed by atoms with Gasteiger partial charge in [-0.05, 0) is 25.0 Å². The van der Waals surface area contributed by atoms with E-state index in [0.29, 0.717) is 0 Å². The Bertz CT molecular complexity index is 457. The molecule has 3 heteroatoms. The average molecular weight is 175 g/mol. The molecule has 0 atom stereocenters. The summed E-state index contributed by atoms with van der Waals surface area (Å²) in [6.45, 7) is 0. The predicted molar refractivity (Wildman–Crippen MR) is 47.1 cm³/mol. The molecule has 0 bridgehead atoms. The van der Waals surface area contributed by atoms with Gasteiger partial charge in [-0.3, -0.25) is 4.98 Å². The van der Waals surface area contributed by atoms with Crippen molar-refractivity contribution in [1.29, 1.82) is 0 Å². The molecule has 2 aromatic rings. The summed E-state index contributed by atoms with van der Waals surface area (Å²) in [5.74, 6) is 0. The summed E-state index contributed by atoms with van der Waals surface area (Å²) in [5.41, 5.74) is 0.889. The highest BCUT2D eigenvalue weighted by Gasteiger charge is 2.43. The molecule has 0 unspecified atom stereocenters. The minimum atomic E-state index is -0.647. The SMILES string of the molecule is OC1(c2cc3ccoc3cn2)CC1. The summed E-state index contributed by atoms with van der Waals surface area (Å²) in [6, 6.07) is 3.78. The van der Waals surface area contributed by atoms with Crippen LogP contribution in [0.5, 0.6) is 0 Å². The zero-order chi connectivity index (χ0) is 8.89. The van der Waals surface area contributed by atoms with Gasteiger partial charge in [0.2, 0.25) is 0 Å². The molecule has 1 fully saturated rings. The average Bonchev–Trinajstić information content (AvgIpc) is 2.74. The van der Waals surface area contributed by atoms with E-state index in [2.05, 4.69) is 4.98 Å². The fourth-order valence-electron chi connectivity index (χ4n) is 1.50. The Kier molecular flexibility index (Phi) is 1.15. The normalized spacial score (nSPS) is 19.2. The first-order chi connectivity index (χ1) is 6.28. The summed E-state index contributed by atoms with van der Waals surface area (Å²) >= 11 is 0. The van der Waals surface area contributed by atoms with Gasteiger partial charge >= 0.3 is 0 Å². The topological polar surface area (TPSA) is 46.3 Å². The number of hydrogen-bond donors (Lipinski definition) is 1. The van der Waals surface area contributed by atoms with E-state index in [1.165, 1.54) is 0 Å². The number of furan rings is 1. The Morgan fingerprint density at radius 1 is 1.46 bits per heavy atom. The van der Waals surface area contributed by atoms with Crippen LogP contribution < -0.4 is 0 Å². The zero-order valence-corrected chi connectivity index (χ0v) is 7.03. The third kappa shape index (κ3) is 0.971. The standard InChI is InChI=1S/C10H9NO2/c12-10(2-3-10)9-5-7-1-4-13-8(7)6-11-9/h1,4-6,12H,2-3H2. The van der Waals surface area contributed by atoms with Crippen molar-refractivity contribution in [3.8, 4) is 0 Å². The van der Waals surface area contributed by atoms with Gasteiger partial charge in [0.05, 0.1) is 18.2 Å². The third-order valence-electron chi connectivity index (χ3n) is 2.54. The lowest BCUT2D eigenvalue weighted by molar-refractivity contribution is 0.146. The first-order valence-corrected chi connectivity index (χ1v) is 4.34. The van der Waals surface area contributed by atoms with Gasteiger partial charge in [0.1, 0.15) is 5.60 Å². The molecule has 3 nitrogen and oxygen atoms in total. The monoisotopic (exact) mass is 175 g/mol. The molecule has 0 aliphatic heterocycles. The number of rotatable bonds is 1. The summed E-state index contributed by atoms with van der Waals surface area (Å²) < 4.78 is 5.16. The van der Waals surface area contributed by atoms with Crippen LogP contribution in [0.2, 0.25) is 0 Å². The molecule has 1 saturated carbocycles. The Labute approximate surface area is 75.0 Å². The molecule has 3 rings (SSSR count). The second-order valence-electron chi connectivity index (χ2n) is 3.56. The molecular weight excluding hydrogens is 166 g/mol. The molecule has 1 aliphatic rings. The first kappa shape index (κ1) is 7.09. The lowest BCUT2D eigenvalue weighted by atomic mass is 10.2. The van der Waals surface area contributed by atoms with Crippen LogP contribution >= 0.6 is 0 Å². The van der Waals surface area contributed by atoms with Crippen molar-refractivity contribution < 1.29 is 9.52 Å². The molecule has 66 valence electrons. The Hall–Kier alpha value is -1.35. The van der Waals surface area contributed by atoms with Crippen LogP contribution in [0.15, 0.2) is 29.0 Å². The van der Waals surface area contributed by atoms with Gasteiger partial charge in [-0.2, -0.15) is 0 Å². The second kappa shape index (κ2) is 2.12. The van der Waals surface area contributed by atoms with E-state index in [9.17, 15) is 5.11 Å². The first-order valence-electron chi connectivity index (χ1n) is 4.34. The van der Waals surface area contributed by atoms with E-state index in [1.54, 1.807) is 12.5 Å². The fourth-order valence-corrected chi connectivity index (χ4v) is 1.50. The Morgan fingerprint density at radius 2 is 2.31 bits per heavy atom. The molecule has 0 aromatic carbocycles. The number of fused-ring (bicyclic) bond motifs is 1. The molecule has 2 heterocycles. The van der Waals surface area contributed by atoms with Crippen LogP contribution in [0, 0.1) is 0 Å². The Balaban J connectivity index is 2.20. The largest absolute Gasteiger partial charge is 0.463 e. The van der Waals surface area contributed by atoms with E-state index in [1.807, 2.05) is 12.1 Å². The smallest absolute Gasteiger partial charge is 0.152 e. The minimum Gasteiger partial charge on any atom is -0.463 e. The number of pyridine rings is 1. The van der Waals surface area contributed by atoms with Crippen LogP contribution in [0.3, 0.4) is 0 Å². The van der Waals surface area contributed by atoms with Gasteiger partial charge in [0.15, 0.2) is 5.58 Å². The van der Waals surface area contributed by atoms with Crippen LogP contribution in [0.1, 0.15) is 18.5 Å². The lowest BCUT2D eigenvalue weighted by Gasteiger charge is -2.05. The summed E-state index contributed by atoms with van der Waals surface area (Å²) in [5, 5.41) is 10.8. The van der Waals surface area contributed by atoms with Crippen molar-refractivity contribution in [2.24, 2.45) is 0 Å². The summed E-state index contributed by atoms with van der Waals surface area (Å²) in [4.78, 5) is 4.17. The maximum atomic E-state index is 9.80. The highest BCUT2D eigenvalue weighted by Crippen LogP contribution is 2.44. The van der Waals surface area contributed by atoms with Crippen molar-refractivity contribution in [2.75, 3.05) is 0 Å². The van der Waals surface area contributed by atoms with Gasteiger partial charge in [-0.1, -0.05) is 0 Å². The van der Waals surface area contributed by atoms with Gasteiger partial charge in [0.25, 0.3) is 0 Å². The number of aromatic nitrogens is 1. The number of nitrogens with zero attached hydrogens (tertiary/aromatic N) is 1. The summed E-state index contributed by atoms with van der Waals surface area (Å²) in [7, 11) is 0. The minimum absolute atomic E-state index is 0.647. The molecule has 1 N–H and O–H groups in total. The van der Waals surface area contributed by atoms with Crippen molar-refractivity contribution in [3.63, 3.8) is 0 Å². The third-order valence-corrected chi connectivity index (χ3v) is 2.54. The molecule has 0 radical (unpaired) electrons. The van der Waals surface area contributed by atoms with Gasteiger partial charge in [-0.25, -0.2) is 0 Å². The van der Waals surface area contributed by atoms with Crippen LogP contribution in [0.4, 0.5) is 0 Å². The van der Waals surface area contributed by atoms with Crippen molar-refractivity contribution in [2.45, 2.75) is 18.4 Å². The molecule has 0 spiro atoms. The second-order valence-corrected chi connectivity index (χ2v) is 3.56. The molecule has 2 aromatic heterocycles. The highest BCUT2D eigenvalue weighted by atomic mass is 16.3.